The topological polar surface area (TPSA) is 51.2 Å². The summed E-state index contributed by atoms with van der Waals surface area (Å²) in [6.45, 7) is 2.06. The van der Waals surface area contributed by atoms with Crippen LogP contribution in [0.4, 0.5) is 5.13 Å². The van der Waals surface area contributed by atoms with E-state index in [1.54, 1.807) is 18.2 Å². The zero-order valence-electron chi connectivity index (χ0n) is 14.7. The molecule has 0 aliphatic rings. The van der Waals surface area contributed by atoms with E-state index in [0.29, 0.717) is 26.6 Å². The van der Waals surface area contributed by atoms with Gasteiger partial charge in [-0.05, 0) is 42.3 Å². The van der Waals surface area contributed by atoms with Crippen molar-refractivity contribution in [1.82, 2.24) is 4.98 Å². The number of amides is 1. The number of carbonyl (C=O) groups excluding carboxylic acids is 1. The summed E-state index contributed by atoms with van der Waals surface area (Å²) in [5, 5.41) is 6.14. The van der Waals surface area contributed by atoms with E-state index in [2.05, 4.69) is 17.2 Å². The highest BCUT2D eigenvalue weighted by Gasteiger charge is 2.11. The molecule has 1 amide bonds. The standard InChI is InChI=1S/C20H18Cl2N2O2S/c1-2-3-13-4-7-15(8-5-13)26-11-19(25)24-20-23-18(12-27-20)16-9-6-14(21)10-17(16)22/h4-10,12H,2-3,11H2,1H3,(H,23,24,25). The van der Waals surface area contributed by atoms with E-state index < -0.39 is 0 Å². The third-order valence-corrected chi connectivity index (χ3v) is 5.10. The van der Waals surface area contributed by atoms with Gasteiger partial charge in [-0.25, -0.2) is 4.98 Å². The Hall–Kier alpha value is -2.08. The molecule has 0 aliphatic carbocycles. The van der Waals surface area contributed by atoms with Crippen molar-refractivity contribution in [3.05, 3.63) is 63.5 Å². The maximum atomic E-state index is 12.1. The van der Waals surface area contributed by atoms with Crippen LogP contribution in [0.5, 0.6) is 5.75 Å². The number of rotatable bonds is 7. The highest BCUT2D eigenvalue weighted by atomic mass is 35.5. The molecular weight excluding hydrogens is 403 g/mol. The summed E-state index contributed by atoms with van der Waals surface area (Å²) in [7, 11) is 0. The predicted molar refractivity (Wildman–Crippen MR) is 112 cm³/mol. The molecule has 0 saturated heterocycles. The number of hydrogen-bond donors (Lipinski definition) is 1. The summed E-state index contributed by atoms with van der Waals surface area (Å²) in [4.78, 5) is 16.5. The lowest BCUT2D eigenvalue weighted by Gasteiger charge is -2.07. The van der Waals surface area contributed by atoms with Crippen molar-refractivity contribution in [3.8, 4) is 17.0 Å². The third kappa shape index (κ3) is 5.45. The van der Waals surface area contributed by atoms with E-state index in [4.69, 9.17) is 27.9 Å². The zero-order valence-corrected chi connectivity index (χ0v) is 17.0. The van der Waals surface area contributed by atoms with Crippen LogP contribution < -0.4 is 10.1 Å². The number of aryl methyl sites for hydroxylation is 1. The highest BCUT2D eigenvalue weighted by molar-refractivity contribution is 7.14. The molecule has 3 rings (SSSR count). The zero-order chi connectivity index (χ0) is 19.2. The molecule has 7 heteroatoms. The molecular formula is C20H18Cl2N2O2S. The van der Waals surface area contributed by atoms with Crippen LogP contribution in [0.2, 0.25) is 10.0 Å². The summed E-state index contributed by atoms with van der Waals surface area (Å²) in [5.74, 6) is 0.397. The number of aromatic nitrogens is 1. The number of halogens is 2. The SMILES string of the molecule is CCCc1ccc(OCC(=O)Nc2nc(-c3ccc(Cl)cc3Cl)cs2)cc1. The molecule has 0 atom stereocenters. The first-order chi connectivity index (χ1) is 13.0. The van der Waals surface area contributed by atoms with Gasteiger partial charge in [-0.2, -0.15) is 0 Å². The van der Waals surface area contributed by atoms with Crippen LogP contribution >= 0.6 is 34.5 Å². The average Bonchev–Trinajstić information content (AvgIpc) is 3.09. The Kier molecular flexibility index (Phi) is 6.72. The van der Waals surface area contributed by atoms with Gasteiger partial charge in [0.15, 0.2) is 11.7 Å². The summed E-state index contributed by atoms with van der Waals surface area (Å²) < 4.78 is 5.53. The molecule has 0 unspecified atom stereocenters. The molecule has 1 N–H and O–H groups in total. The van der Waals surface area contributed by atoms with Gasteiger partial charge in [0.25, 0.3) is 5.91 Å². The molecule has 0 aliphatic heterocycles. The number of thiazole rings is 1. The number of hydrogen-bond acceptors (Lipinski definition) is 4. The van der Waals surface area contributed by atoms with Crippen molar-refractivity contribution >= 4 is 45.6 Å². The van der Waals surface area contributed by atoms with E-state index >= 15 is 0 Å². The first-order valence-electron chi connectivity index (χ1n) is 8.47. The molecule has 0 fully saturated rings. The number of benzene rings is 2. The normalized spacial score (nSPS) is 10.6. The van der Waals surface area contributed by atoms with Crippen LogP contribution in [0.3, 0.4) is 0 Å². The van der Waals surface area contributed by atoms with Crippen molar-refractivity contribution in [3.63, 3.8) is 0 Å². The van der Waals surface area contributed by atoms with Crippen LogP contribution in [-0.2, 0) is 11.2 Å². The molecule has 2 aromatic carbocycles. The lowest BCUT2D eigenvalue weighted by molar-refractivity contribution is -0.118. The van der Waals surface area contributed by atoms with Gasteiger partial charge in [0, 0.05) is 16.0 Å². The summed E-state index contributed by atoms with van der Waals surface area (Å²) in [5.41, 5.74) is 2.70. The van der Waals surface area contributed by atoms with Crippen LogP contribution in [0.25, 0.3) is 11.3 Å². The van der Waals surface area contributed by atoms with Crippen LogP contribution in [0.1, 0.15) is 18.9 Å². The molecule has 0 bridgehead atoms. The monoisotopic (exact) mass is 420 g/mol. The van der Waals surface area contributed by atoms with E-state index in [1.165, 1.54) is 16.9 Å². The Labute approximate surface area is 172 Å². The van der Waals surface area contributed by atoms with E-state index in [9.17, 15) is 4.79 Å². The molecule has 0 radical (unpaired) electrons. The Morgan fingerprint density at radius 2 is 1.96 bits per heavy atom. The van der Waals surface area contributed by atoms with Crippen molar-refractivity contribution in [2.45, 2.75) is 19.8 Å². The largest absolute Gasteiger partial charge is 0.484 e. The minimum atomic E-state index is -0.268. The maximum absolute atomic E-state index is 12.1. The minimum absolute atomic E-state index is 0.0796. The number of carbonyl (C=O) groups is 1. The first kappa shape index (κ1) is 19.7. The molecule has 3 aromatic rings. The summed E-state index contributed by atoms with van der Waals surface area (Å²) >= 11 is 13.4. The van der Waals surface area contributed by atoms with Gasteiger partial charge in [-0.3, -0.25) is 10.1 Å². The minimum Gasteiger partial charge on any atom is -0.484 e. The maximum Gasteiger partial charge on any atom is 0.264 e. The number of ether oxygens (including phenoxy) is 1. The Bertz CT molecular complexity index is 926. The third-order valence-electron chi connectivity index (χ3n) is 3.79. The van der Waals surface area contributed by atoms with Gasteiger partial charge in [0.1, 0.15) is 5.75 Å². The first-order valence-corrected chi connectivity index (χ1v) is 10.1. The van der Waals surface area contributed by atoms with Gasteiger partial charge in [-0.1, -0.05) is 48.7 Å². The lowest BCUT2D eigenvalue weighted by atomic mass is 10.1. The number of nitrogens with one attached hydrogen (secondary N) is 1. The fourth-order valence-corrected chi connectivity index (χ4v) is 3.73. The van der Waals surface area contributed by atoms with E-state index in [0.717, 1.165) is 18.4 Å². The van der Waals surface area contributed by atoms with Gasteiger partial charge in [0.05, 0.1) is 10.7 Å². The lowest BCUT2D eigenvalue weighted by Crippen LogP contribution is -2.20. The van der Waals surface area contributed by atoms with Crippen molar-refractivity contribution in [2.75, 3.05) is 11.9 Å². The van der Waals surface area contributed by atoms with Crippen molar-refractivity contribution < 1.29 is 9.53 Å². The second kappa shape index (κ2) is 9.22. The fraction of sp³-hybridized carbons (Fsp3) is 0.200. The van der Waals surface area contributed by atoms with Crippen molar-refractivity contribution in [1.29, 1.82) is 0 Å². The smallest absolute Gasteiger partial charge is 0.264 e. The quantitative estimate of drug-likeness (QED) is 0.503. The summed E-state index contributed by atoms with van der Waals surface area (Å²) in [6.07, 6.45) is 2.13. The molecule has 1 heterocycles. The molecule has 27 heavy (non-hydrogen) atoms. The molecule has 0 saturated carbocycles. The molecule has 0 spiro atoms. The van der Waals surface area contributed by atoms with Gasteiger partial charge < -0.3 is 4.74 Å². The van der Waals surface area contributed by atoms with E-state index in [-0.39, 0.29) is 12.5 Å². The summed E-state index contributed by atoms with van der Waals surface area (Å²) in [6, 6.07) is 13.0. The fourth-order valence-electron chi connectivity index (χ4n) is 2.50. The van der Waals surface area contributed by atoms with Crippen LogP contribution in [0, 0.1) is 0 Å². The average molecular weight is 421 g/mol. The van der Waals surface area contributed by atoms with Crippen molar-refractivity contribution in [2.24, 2.45) is 0 Å². The van der Waals surface area contributed by atoms with Gasteiger partial charge >= 0.3 is 0 Å². The van der Waals surface area contributed by atoms with Gasteiger partial charge in [0.2, 0.25) is 0 Å². The van der Waals surface area contributed by atoms with Crippen LogP contribution in [-0.4, -0.2) is 17.5 Å². The number of nitrogens with zero attached hydrogens (tertiary/aromatic N) is 1. The molecule has 4 nitrogen and oxygen atoms in total. The van der Waals surface area contributed by atoms with Gasteiger partial charge in [-0.15, -0.1) is 11.3 Å². The second-order valence-corrected chi connectivity index (χ2v) is 7.59. The molecule has 1 aromatic heterocycles. The predicted octanol–water partition coefficient (Wildman–Crippen LogP) is 6.09. The van der Waals surface area contributed by atoms with Crippen LogP contribution in [0.15, 0.2) is 47.8 Å². The highest BCUT2D eigenvalue weighted by Crippen LogP contribution is 2.32. The second-order valence-electron chi connectivity index (χ2n) is 5.89. The Morgan fingerprint density at radius 3 is 2.67 bits per heavy atom. The Morgan fingerprint density at radius 1 is 1.19 bits per heavy atom. The molecule has 140 valence electrons. The number of anilines is 1. The van der Waals surface area contributed by atoms with E-state index in [1.807, 2.05) is 29.6 Å². The Balaban J connectivity index is 1.56.